The third-order valence-electron chi connectivity index (χ3n) is 2.23. The number of fused-ring (bicyclic) bond motifs is 3. The van der Waals surface area contributed by atoms with E-state index in [0.717, 1.165) is 15.8 Å². The van der Waals surface area contributed by atoms with E-state index in [1.807, 2.05) is 0 Å². The molecule has 1 aliphatic heterocycles. The van der Waals surface area contributed by atoms with Crippen LogP contribution in [0.4, 0.5) is 5.82 Å². The minimum atomic E-state index is -0.0900. The van der Waals surface area contributed by atoms with Crippen molar-refractivity contribution in [2.45, 2.75) is 0 Å². The zero-order chi connectivity index (χ0) is 10.4. The highest BCUT2D eigenvalue weighted by atomic mass is 127. The van der Waals surface area contributed by atoms with Crippen LogP contribution in [0.5, 0.6) is 0 Å². The fraction of sp³-hybridized carbons (Fsp3) is 0. The van der Waals surface area contributed by atoms with E-state index in [-0.39, 0.29) is 5.91 Å². The number of thiazole rings is 1. The van der Waals surface area contributed by atoms with E-state index in [0.29, 0.717) is 11.4 Å². The average molecular weight is 329 g/mol. The number of pyridine rings is 1. The highest BCUT2D eigenvalue weighted by Crippen LogP contribution is 2.37. The first-order valence-corrected chi connectivity index (χ1v) is 6.28. The molecule has 1 amide bonds. The summed E-state index contributed by atoms with van der Waals surface area (Å²) in [7, 11) is 0. The zero-order valence-corrected chi connectivity index (χ0v) is 10.3. The molecular formula is C9H4IN3OS. The lowest BCUT2D eigenvalue weighted by Crippen LogP contribution is -2.03. The second-order valence-electron chi connectivity index (χ2n) is 3.03. The molecule has 1 N–H and O–H groups in total. The third kappa shape index (κ3) is 1.21. The largest absolute Gasteiger partial charge is 0.306 e. The van der Waals surface area contributed by atoms with Crippen molar-refractivity contribution >= 4 is 61.4 Å². The van der Waals surface area contributed by atoms with E-state index in [2.05, 4.69) is 37.9 Å². The lowest BCUT2D eigenvalue weighted by Gasteiger charge is -1.96. The topological polar surface area (TPSA) is 54.9 Å². The standard InChI is InChI=1S/C9H4IN3OS/c10-1-4-6-7-5(12-3-15-7)2-11-8(6)13-9(4)14/h1-3H,(H,11,13,14)/b4-1-. The summed E-state index contributed by atoms with van der Waals surface area (Å²) in [6.45, 7) is 0. The van der Waals surface area contributed by atoms with Gasteiger partial charge in [0.15, 0.2) is 0 Å². The molecule has 0 aromatic carbocycles. The number of nitrogens with one attached hydrogen (secondary N) is 1. The summed E-state index contributed by atoms with van der Waals surface area (Å²) in [5.74, 6) is 0.549. The molecule has 0 saturated heterocycles. The summed E-state index contributed by atoms with van der Waals surface area (Å²) in [5.41, 5.74) is 4.16. The molecule has 2 aromatic rings. The van der Waals surface area contributed by atoms with Gasteiger partial charge in [0.25, 0.3) is 5.91 Å². The second-order valence-corrected chi connectivity index (χ2v) is 4.50. The van der Waals surface area contributed by atoms with Gasteiger partial charge in [0.1, 0.15) is 11.3 Å². The summed E-state index contributed by atoms with van der Waals surface area (Å²) in [4.78, 5) is 19.9. The Morgan fingerprint density at radius 2 is 2.33 bits per heavy atom. The molecule has 3 rings (SSSR count). The first-order chi connectivity index (χ1) is 7.31. The van der Waals surface area contributed by atoms with Gasteiger partial charge in [-0.3, -0.25) is 4.79 Å². The Kier molecular flexibility index (Phi) is 1.99. The minimum Gasteiger partial charge on any atom is -0.306 e. The van der Waals surface area contributed by atoms with E-state index in [1.165, 1.54) is 11.3 Å². The van der Waals surface area contributed by atoms with Gasteiger partial charge in [-0.05, 0) is 4.08 Å². The maximum atomic E-state index is 11.6. The molecule has 0 unspecified atom stereocenters. The van der Waals surface area contributed by atoms with Gasteiger partial charge in [-0.15, -0.1) is 11.3 Å². The van der Waals surface area contributed by atoms with Crippen molar-refractivity contribution in [3.63, 3.8) is 0 Å². The summed E-state index contributed by atoms with van der Waals surface area (Å²) < 4.78 is 2.79. The van der Waals surface area contributed by atoms with Crippen LogP contribution in [0.25, 0.3) is 15.8 Å². The molecule has 74 valence electrons. The van der Waals surface area contributed by atoms with Crippen molar-refractivity contribution in [3.8, 4) is 0 Å². The highest BCUT2D eigenvalue weighted by molar-refractivity contribution is 14.1. The van der Waals surface area contributed by atoms with Crippen LogP contribution in [-0.4, -0.2) is 15.9 Å². The Morgan fingerprint density at radius 1 is 1.47 bits per heavy atom. The van der Waals surface area contributed by atoms with Gasteiger partial charge in [0.05, 0.1) is 27.5 Å². The molecule has 0 spiro atoms. The van der Waals surface area contributed by atoms with E-state index >= 15 is 0 Å². The molecule has 2 aromatic heterocycles. The minimum absolute atomic E-state index is 0.0900. The zero-order valence-electron chi connectivity index (χ0n) is 7.32. The van der Waals surface area contributed by atoms with Crippen LogP contribution >= 0.6 is 33.9 Å². The van der Waals surface area contributed by atoms with Crippen molar-refractivity contribution in [1.29, 1.82) is 0 Å². The molecule has 0 atom stereocenters. The Morgan fingerprint density at radius 3 is 3.13 bits per heavy atom. The van der Waals surface area contributed by atoms with Crippen molar-refractivity contribution in [2.24, 2.45) is 0 Å². The van der Waals surface area contributed by atoms with Gasteiger partial charge < -0.3 is 5.32 Å². The Balaban J connectivity index is 2.44. The number of rotatable bonds is 0. The second kappa shape index (κ2) is 3.24. The number of amides is 1. The van der Waals surface area contributed by atoms with Gasteiger partial charge in [0, 0.05) is 0 Å². The highest BCUT2D eigenvalue weighted by Gasteiger charge is 2.27. The SMILES string of the molecule is O=C1Nc2ncc3ncsc3c2/C1=C/I. The Labute approximate surface area is 103 Å². The predicted octanol–water partition coefficient (Wildman–Crippen LogP) is 2.42. The van der Waals surface area contributed by atoms with E-state index in [1.54, 1.807) is 15.8 Å². The van der Waals surface area contributed by atoms with Crippen molar-refractivity contribution in [3.05, 3.63) is 21.4 Å². The molecule has 6 heteroatoms. The number of halogens is 1. The Hall–Kier alpha value is -1.02. The van der Waals surface area contributed by atoms with Gasteiger partial charge >= 0.3 is 0 Å². The summed E-state index contributed by atoms with van der Waals surface area (Å²) in [5, 5.41) is 2.74. The number of aromatic nitrogens is 2. The fourth-order valence-electron chi connectivity index (χ4n) is 1.57. The lowest BCUT2D eigenvalue weighted by atomic mass is 10.1. The first kappa shape index (κ1) is 9.22. The smallest absolute Gasteiger partial charge is 0.258 e. The maximum absolute atomic E-state index is 11.6. The number of hydrogen-bond acceptors (Lipinski definition) is 4. The maximum Gasteiger partial charge on any atom is 0.258 e. The van der Waals surface area contributed by atoms with Gasteiger partial charge in [-0.25, -0.2) is 9.97 Å². The van der Waals surface area contributed by atoms with E-state index in [4.69, 9.17) is 0 Å². The predicted molar refractivity (Wildman–Crippen MR) is 68.0 cm³/mol. The molecule has 0 saturated carbocycles. The number of carbonyl (C=O) groups excluding carboxylic acids is 1. The van der Waals surface area contributed by atoms with E-state index in [9.17, 15) is 4.79 Å². The van der Waals surface area contributed by atoms with Crippen LogP contribution in [0.2, 0.25) is 0 Å². The number of hydrogen-bond donors (Lipinski definition) is 1. The molecule has 4 nitrogen and oxygen atoms in total. The number of nitrogens with zero attached hydrogens (tertiary/aromatic N) is 2. The van der Waals surface area contributed by atoms with Gasteiger partial charge in [0.2, 0.25) is 0 Å². The third-order valence-corrected chi connectivity index (χ3v) is 3.71. The molecule has 0 fully saturated rings. The quantitative estimate of drug-likeness (QED) is 0.597. The van der Waals surface area contributed by atoms with Crippen molar-refractivity contribution in [2.75, 3.05) is 5.32 Å². The summed E-state index contributed by atoms with van der Waals surface area (Å²) in [6.07, 6.45) is 1.68. The molecule has 15 heavy (non-hydrogen) atoms. The molecule has 0 bridgehead atoms. The molecular weight excluding hydrogens is 325 g/mol. The fourth-order valence-corrected chi connectivity index (χ4v) is 2.99. The Bertz CT molecular complexity index is 604. The van der Waals surface area contributed by atoms with Crippen LogP contribution in [0.1, 0.15) is 5.56 Å². The molecule has 0 aliphatic carbocycles. The van der Waals surface area contributed by atoms with Crippen LogP contribution < -0.4 is 5.32 Å². The van der Waals surface area contributed by atoms with Crippen LogP contribution in [0.15, 0.2) is 15.8 Å². The van der Waals surface area contributed by atoms with Crippen molar-refractivity contribution < 1.29 is 4.79 Å². The summed E-state index contributed by atoms with van der Waals surface area (Å²) >= 11 is 3.59. The van der Waals surface area contributed by atoms with Crippen molar-refractivity contribution in [1.82, 2.24) is 9.97 Å². The van der Waals surface area contributed by atoms with Gasteiger partial charge in [-0.2, -0.15) is 0 Å². The molecule has 0 radical (unpaired) electrons. The van der Waals surface area contributed by atoms with Crippen LogP contribution in [-0.2, 0) is 4.79 Å². The van der Waals surface area contributed by atoms with Crippen LogP contribution in [0, 0.1) is 0 Å². The first-order valence-electron chi connectivity index (χ1n) is 4.15. The monoisotopic (exact) mass is 329 g/mol. The summed E-state index contributed by atoms with van der Waals surface area (Å²) in [6, 6.07) is 0. The molecule has 3 heterocycles. The lowest BCUT2D eigenvalue weighted by molar-refractivity contribution is -0.110. The normalized spacial score (nSPS) is 17.1. The number of carbonyl (C=O) groups is 1. The van der Waals surface area contributed by atoms with E-state index < -0.39 is 0 Å². The number of anilines is 1. The average Bonchev–Trinajstić information content (AvgIpc) is 2.78. The van der Waals surface area contributed by atoms with Crippen LogP contribution in [0.3, 0.4) is 0 Å². The molecule has 1 aliphatic rings. The van der Waals surface area contributed by atoms with Gasteiger partial charge in [-0.1, -0.05) is 22.6 Å².